The number of nitrogens with zero attached hydrogens (tertiary/aromatic N) is 4. The van der Waals surface area contributed by atoms with Gasteiger partial charge in [-0.25, -0.2) is 4.98 Å². The summed E-state index contributed by atoms with van der Waals surface area (Å²) in [6.07, 6.45) is 4.13. The molecule has 0 aliphatic heterocycles. The Morgan fingerprint density at radius 3 is 2.77 bits per heavy atom. The van der Waals surface area contributed by atoms with E-state index in [0.717, 1.165) is 5.56 Å². The molecule has 0 saturated carbocycles. The second kappa shape index (κ2) is 10.8. The zero-order chi connectivity index (χ0) is 22.1. The number of aromatic nitrogens is 2. The molecule has 0 fully saturated rings. The number of halogens is 1. The van der Waals surface area contributed by atoms with Gasteiger partial charge in [0, 0.05) is 38.6 Å². The molecular weight excluding hydrogens is 408 g/mol. The standard InChI is InChI=1S/C19H23ClN8O2/c1-28(2)16(29)11-23-9-14(7-21)26-19-25-10-15(20)18(27-19)24-8-12-4-3-5-13(6-12)17(22)30/h3-7,9-10H,8,11,21H2,1-2H3,(H2,22,30)(H2,24,25,26,27). The molecule has 11 heteroatoms. The Bertz CT molecular complexity index is 975. The van der Waals surface area contributed by atoms with Crippen LogP contribution in [-0.4, -0.2) is 53.5 Å². The number of aliphatic imine (C=N–C) groups is 1. The van der Waals surface area contributed by atoms with Crippen LogP contribution in [0.15, 0.2) is 47.4 Å². The third-order valence-electron chi connectivity index (χ3n) is 3.81. The summed E-state index contributed by atoms with van der Waals surface area (Å²) >= 11 is 6.17. The maximum Gasteiger partial charge on any atom is 0.248 e. The smallest absolute Gasteiger partial charge is 0.248 e. The molecule has 2 rings (SSSR count). The summed E-state index contributed by atoms with van der Waals surface area (Å²) in [7, 11) is 3.30. The molecule has 6 N–H and O–H groups in total. The Morgan fingerprint density at radius 2 is 2.10 bits per heavy atom. The number of anilines is 2. The average molecular weight is 431 g/mol. The number of carbonyl (C=O) groups is 2. The van der Waals surface area contributed by atoms with Crippen molar-refractivity contribution in [3.05, 3.63) is 58.5 Å². The van der Waals surface area contributed by atoms with Gasteiger partial charge in [-0.1, -0.05) is 23.7 Å². The summed E-state index contributed by atoms with van der Waals surface area (Å²) < 4.78 is 0. The van der Waals surface area contributed by atoms with Gasteiger partial charge in [0.25, 0.3) is 0 Å². The number of amides is 2. The lowest BCUT2D eigenvalue weighted by atomic mass is 10.1. The van der Waals surface area contributed by atoms with Crippen molar-refractivity contribution in [2.75, 3.05) is 31.3 Å². The molecule has 2 amide bonds. The van der Waals surface area contributed by atoms with Crippen molar-refractivity contribution >= 4 is 41.4 Å². The Labute approximate surface area is 179 Å². The molecule has 0 bridgehead atoms. The minimum absolute atomic E-state index is 0.00926. The van der Waals surface area contributed by atoms with E-state index in [4.69, 9.17) is 23.1 Å². The number of allylic oxidation sites excluding steroid dienone is 1. The molecule has 0 aliphatic carbocycles. The highest BCUT2D eigenvalue weighted by atomic mass is 35.5. The van der Waals surface area contributed by atoms with Crippen molar-refractivity contribution in [1.29, 1.82) is 0 Å². The highest BCUT2D eigenvalue weighted by Gasteiger charge is 2.08. The maximum atomic E-state index is 11.6. The monoisotopic (exact) mass is 430 g/mol. The van der Waals surface area contributed by atoms with E-state index in [2.05, 4.69) is 25.6 Å². The van der Waals surface area contributed by atoms with Crippen LogP contribution in [-0.2, 0) is 11.3 Å². The summed E-state index contributed by atoms with van der Waals surface area (Å²) in [4.78, 5) is 36.8. The Kier molecular flexibility index (Phi) is 8.12. The number of carbonyl (C=O) groups excluding carboxylic acids is 2. The average Bonchev–Trinajstić information content (AvgIpc) is 2.73. The van der Waals surface area contributed by atoms with Gasteiger partial charge in [0.15, 0.2) is 5.82 Å². The summed E-state index contributed by atoms with van der Waals surface area (Å²) in [6.45, 7) is 0.357. The predicted octanol–water partition coefficient (Wildman–Crippen LogP) is 1.21. The molecule has 0 atom stereocenters. The summed E-state index contributed by atoms with van der Waals surface area (Å²) in [5.41, 5.74) is 12.5. The number of likely N-dealkylation sites (N-methyl/N-ethyl adjacent to an activating group) is 1. The normalized spacial score (nSPS) is 11.4. The molecule has 0 unspecified atom stereocenters. The molecule has 1 aromatic heterocycles. The predicted molar refractivity (Wildman–Crippen MR) is 117 cm³/mol. The minimum Gasteiger partial charge on any atom is -0.403 e. The lowest BCUT2D eigenvalue weighted by molar-refractivity contribution is -0.127. The first-order valence-corrected chi connectivity index (χ1v) is 9.22. The molecular formula is C19H23ClN8O2. The molecule has 2 aromatic rings. The van der Waals surface area contributed by atoms with E-state index < -0.39 is 5.91 Å². The Morgan fingerprint density at radius 1 is 1.33 bits per heavy atom. The van der Waals surface area contributed by atoms with Crippen LogP contribution in [0.25, 0.3) is 0 Å². The van der Waals surface area contributed by atoms with E-state index in [1.807, 2.05) is 6.07 Å². The van der Waals surface area contributed by atoms with Gasteiger partial charge in [-0.15, -0.1) is 0 Å². The molecule has 0 spiro atoms. The lowest BCUT2D eigenvalue weighted by Gasteiger charge is -2.11. The second-order valence-electron chi connectivity index (χ2n) is 6.31. The van der Waals surface area contributed by atoms with Gasteiger partial charge in [0.2, 0.25) is 17.8 Å². The van der Waals surface area contributed by atoms with Crippen molar-refractivity contribution in [1.82, 2.24) is 14.9 Å². The van der Waals surface area contributed by atoms with Gasteiger partial charge in [0.05, 0.1) is 11.9 Å². The second-order valence-corrected chi connectivity index (χ2v) is 6.72. The maximum absolute atomic E-state index is 11.6. The van der Waals surface area contributed by atoms with E-state index >= 15 is 0 Å². The van der Waals surface area contributed by atoms with Crippen molar-refractivity contribution in [3.63, 3.8) is 0 Å². The number of benzene rings is 1. The molecule has 0 aliphatic rings. The van der Waals surface area contributed by atoms with Gasteiger partial charge in [-0.2, -0.15) is 4.98 Å². The SMILES string of the molecule is CN(C)C(=O)CN=CC(=CN)Nc1ncc(Cl)c(NCc2cccc(C(N)=O)c2)n1. The third-order valence-corrected chi connectivity index (χ3v) is 4.08. The van der Waals surface area contributed by atoms with Crippen molar-refractivity contribution in [2.24, 2.45) is 16.5 Å². The van der Waals surface area contributed by atoms with Gasteiger partial charge < -0.3 is 27.0 Å². The molecule has 30 heavy (non-hydrogen) atoms. The van der Waals surface area contributed by atoms with Crippen molar-refractivity contribution in [3.8, 4) is 0 Å². The quantitative estimate of drug-likeness (QED) is 0.436. The van der Waals surface area contributed by atoms with E-state index in [1.54, 1.807) is 32.3 Å². The Hall–Kier alpha value is -3.66. The molecule has 1 heterocycles. The van der Waals surface area contributed by atoms with Gasteiger partial charge >= 0.3 is 0 Å². The lowest BCUT2D eigenvalue weighted by Crippen LogP contribution is -2.24. The van der Waals surface area contributed by atoms with E-state index in [9.17, 15) is 9.59 Å². The van der Waals surface area contributed by atoms with Crippen LogP contribution in [0.4, 0.5) is 11.8 Å². The van der Waals surface area contributed by atoms with Crippen LogP contribution < -0.4 is 22.1 Å². The van der Waals surface area contributed by atoms with Crippen LogP contribution in [0.3, 0.4) is 0 Å². The fraction of sp³-hybridized carbons (Fsp3) is 0.211. The van der Waals surface area contributed by atoms with Crippen LogP contribution in [0, 0.1) is 0 Å². The number of rotatable bonds is 9. The van der Waals surface area contributed by atoms with Crippen molar-refractivity contribution in [2.45, 2.75) is 6.54 Å². The van der Waals surface area contributed by atoms with Crippen LogP contribution >= 0.6 is 11.6 Å². The Balaban J connectivity index is 2.05. The molecule has 158 valence electrons. The molecule has 0 radical (unpaired) electrons. The summed E-state index contributed by atoms with van der Waals surface area (Å²) in [5, 5.41) is 6.30. The van der Waals surface area contributed by atoms with Gasteiger partial charge in [-0.3, -0.25) is 14.6 Å². The van der Waals surface area contributed by atoms with Crippen molar-refractivity contribution < 1.29 is 9.59 Å². The molecule has 0 saturated heterocycles. The first-order chi connectivity index (χ1) is 14.3. The van der Waals surface area contributed by atoms with Crippen LogP contribution in [0.5, 0.6) is 0 Å². The zero-order valence-electron chi connectivity index (χ0n) is 16.6. The number of hydrogen-bond acceptors (Lipinski definition) is 8. The van der Waals surface area contributed by atoms with E-state index in [0.29, 0.717) is 28.6 Å². The van der Waals surface area contributed by atoms with E-state index in [1.165, 1.54) is 23.5 Å². The highest BCUT2D eigenvalue weighted by molar-refractivity contribution is 6.32. The number of nitrogens with two attached hydrogens (primary N) is 2. The highest BCUT2D eigenvalue weighted by Crippen LogP contribution is 2.20. The van der Waals surface area contributed by atoms with Gasteiger partial charge in [-0.05, 0) is 17.7 Å². The topological polar surface area (TPSA) is 152 Å². The fourth-order valence-electron chi connectivity index (χ4n) is 2.18. The minimum atomic E-state index is -0.501. The van der Waals surface area contributed by atoms with Gasteiger partial charge in [0.1, 0.15) is 11.6 Å². The third kappa shape index (κ3) is 6.74. The number of nitrogens with one attached hydrogen (secondary N) is 2. The zero-order valence-corrected chi connectivity index (χ0v) is 17.3. The summed E-state index contributed by atoms with van der Waals surface area (Å²) in [5.74, 6) is -0.0275. The van der Waals surface area contributed by atoms with E-state index in [-0.39, 0.29) is 18.4 Å². The summed E-state index contributed by atoms with van der Waals surface area (Å²) in [6, 6.07) is 6.91. The first-order valence-electron chi connectivity index (χ1n) is 8.84. The van der Waals surface area contributed by atoms with Crippen LogP contribution in [0.1, 0.15) is 15.9 Å². The number of hydrogen-bond donors (Lipinski definition) is 4. The largest absolute Gasteiger partial charge is 0.403 e. The first kappa shape index (κ1) is 22.6. The van der Waals surface area contributed by atoms with Crippen LogP contribution in [0.2, 0.25) is 5.02 Å². The fourth-order valence-corrected chi connectivity index (χ4v) is 2.34. The number of primary amides is 1. The molecule has 1 aromatic carbocycles. The molecule has 10 nitrogen and oxygen atoms in total.